The number of nitrogens with one attached hydrogen (secondary N) is 1. The minimum atomic E-state index is -4.80. The van der Waals surface area contributed by atoms with Gasteiger partial charge in [0.1, 0.15) is 0 Å². The molecule has 0 aliphatic carbocycles. The SMILES string of the molecule is Cc1cc(C2=NOC(c3cc(Cl)cc(Cl)c3)(C(F)(F)F)C2)ccc1C(=O)Nc1cnc(Cl)nc1. The highest BCUT2D eigenvalue weighted by Crippen LogP contribution is 2.49. The van der Waals surface area contributed by atoms with Gasteiger partial charge in [0.15, 0.2) is 0 Å². The van der Waals surface area contributed by atoms with Gasteiger partial charge in [-0.2, -0.15) is 13.2 Å². The molecule has 1 amide bonds. The molecule has 4 rings (SSSR count). The van der Waals surface area contributed by atoms with E-state index in [0.29, 0.717) is 22.4 Å². The Bertz CT molecular complexity index is 1280. The Hall–Kier alpha value is -2.88. The predicted octanol–water partition coefficient (Wildman–Crippen LogP) is 6.58. The molecule has 0 bridgehead atoms. The lowest BCUT2D eigenvalue weighted by atomic mass is 9.86. The number of hydrogen-bond donors (Lipinski definition) is 1. The molecule has 6 nitrogen and oxygen atoms in total. The van der Waals surface area contributed by atoms with Gasteiger partial charge in [0, 0.05) is 27.6 Å². The summed E-state index contributed by atoms with van der Waals surface area (Å²) in [6.07, 6.45) is -2.71. The third-order valence-corrected chi connectivity index (χ3v) is 5.83. The van der Waals surface area contributed by atoms with Gasteiger partial charge in [0.05, 0.1) is 23.8 Å². The molecule has 2 aromatic carbocycles. The Balaban J connectivity index is 1.60. The number of oxime groups is 1. The van der Waals surface area contributed by atoms with Crippen molar-refractivity contribution in [3.8, 4) is 0 Å². The number of benzene rings is 2. The summed E-state index contributed by atoms with van der Waals surface area (Å²) in [7, 11) is 0. The average molecular weight is 530 g/mol. The first kappa shape index (κ1) is 24.3. The summed E-state index contributed by atoms with van der Waals surface area (Å²) in [6.45, 7) is 1.65. The molecule has 176 valence electrons. The monoisotopic (exact) mass is 528 g/mol. The highest BCUT2D eigenvalue weighted by Gasteiger charge is 2.62. The van der Waals surface area contributed by atoms with Crippen LogP contribution in [-0.4, -0.2) is 27.8 Å². The van der Waals surface area contributed by atoms with Gasteiger partial charge in [-0.1, -0.05) is 34.4 Å². The third kappa shape index (κ3) is 4.68. The van der Waals surface area contributed by atoms with Gasteiger partial charge in [0.2, 0.25) is 5.28 Å². The standard InChI is InChI=1S/C22H14Cl3F3N4O2/c1-11-4-12(2-3-17(11)19(33)31-16-9-29-20(25)30-10-16)18-8-21(34-32-18,22(26,27)28)13-5-14(23)7-15(24)6-13/h2-7,9-10H,8H2,1H3,(H,31,33). The molecular weight excluding hydrogens is 516 g/mol. The zero-order valence-electron chi connectivity index (χ0n) is 17.3. The molecule has 34 heavy (non-hydrogen) atoms. The number of rotatable bonds is 4. The number of anilines is 1. The maximum Gasteiger partial charge on any atom is 0.435 e. The summed E-state index contributed by atoms with van der Waals surface area (Å²) in [5.74, 6) is -0.446. The van der Waals surface area contributed by atoms with Crippen LogP contribution in [-0.2, 0) is 10.4 Å². The summed E-state index contributed by atoms with van der Waals surface area (Å²) in [5, 5.41) is 6.48. The van der Waals surface area contributed by atoms with E-state index in [4.69, 9.17) is 39.6 Å². The molecule has 3 aromatic rings. The molecule has 1 atom stereocenters. The van der Waals surface area contributed by atoms with E-state index in [2.05, 4.69) is 20.4 Å². The van der Waals surface area contributed by atoms with Crippen molar-refractivity contribution in [2.75, 3.05) is 5.32 Å². The van der Waals surface area contributed by atoms with Crippen molar-refractivity contribution in [2.24, 2.45) is 5.16 Å². The Labute approximate surface area is 206 Å². The Kier molecular flexibility index (Phi) is 6.46. The van der Waals surface area contributed by atoms with E-state index in [9.17, 15) is 18.0 Å². The fourth-order valence-electron chi connectivity index (χ4n) is 3.52. The van der Waals surface area contributed by atoms with Crippen LogP contribution in [0, 0.1) is 6.92 Å². The lowest BCUT2D eigenvalue weighted by molar-refractivity contribution is -0.275. The molecule has 0 saturated carbocycles. The van der Waals surface area contributed by atoms with Gasteiger partial charge in [-0.25, -0.2) is 9.97 Å². The second-order valence-corrected chi connectivity index (χ2v) is 8.72. The van der Waals surface area contributed by atoms with Crippen LogP contribution in [0.1, 0.15) is 33.5 Å². The summed E-state index contributed by atoms with van der Waals surface area (Å²) in [5.41, 5.74) is -1.40. The van der Waals surface area contributed by atoms with Gasteiger partial charge in [-0.05, 0) is 60.0 Å². The summed E-state index contributed by atoms with van der Waals surface area (Å²) in [6, 6.07) is 8.18. The molecule has 1 aliphatic heterocycles. The predicted molar refractivity (Wildman–Crippen MR) is 123 cm³/mol. The number of halogens is 6. The first-order valence-electron chi connectivity index (χ1n) is 9.67. The fourth-order valence-corrected chi connectivity index (χ4v) is 4.14. The minimum absolute atomic E-state index is 0.0352. The molecule has 1 N–H and O–H groups in total. The van der Waals surface area contributed by atoms with E-state index < -0.39 is 24.1 Å². The first-order chi connectivity index (χ1) is 16.0. The molecule has 0 spiro atoms. The van der Waals surface area contributed by atoms with Crippen LogP contribution in [0.2, 0.25) is 15.3 Å². The summed E-state index contributed by atoms with van der Waals surface area (Å²) >= 11 is 17.5. The van der Waals surface area contributed by atoms with E-state index in [1.807, 2.05) is 0 Å². The lowest BCUT2D eigenvalue weighted by Crippen LogP contribution is -2.42. The van der Waals surface area contributed by atoms with Gasteiger partial charge in [0.25, 0.3) is 11.5 Å². The fraction of sp³-hybridized carbons (Fsp3) is 0.182. The second kappa shape index (κ2) is 9.05. The third-order valence-electron chi connectivity index (χ3n) is 5.20. The summed E-state index contributed by atoms with van der Waals surface area (Å²) in [4.78, 5) is 25.2. The van der Waals surface area contributed by atoms with E-state index in [1.54, 1.807) is 13.0 Å². The van der Waals surface area contributed by atoms with Gasteiger partial charge >= 0.3 is 6.18 Å². The maximum atomic E-state index is 14.2. The molecule has 0 fully saturated rings. The molecule has 1 aliphatic rings. The van der Waals surface area contributed by atoms with Crippen molar-refractivity contribution >= 4 is 52.1 Å². The van der Waals surface area contributed by atoms with Crippen molar-refractivity contribution in [1.29, 1.82) is 0 Å². The Morgan fingerprint density at radius 1 is 1.06 bits per heavy atom. The van der Waals surface area contributed by atoms with Gasteiger partial charge in [-0.3, -0.25) is 4.79 Å². The van der Waals surface area contributed by atoms with Crippen LogP contribution in [0.3, 0.4) is 0 Å². The van der Waals surface area contributed by atoms with Crippen LogP contribution in [0.15, 0.2) is 53.9 Å². The molecule has 1 unspecified atom stereocenters. The normalized spacial score (nSPS) is 17.8. The van der Waals surface area contributed by atoms with Gasteiger partial charge in [-0.15, -0.1) is 0 Å². The minimum Gasteiger partial charge on any atom is -0.374 e. The highest BCUT2D eigenvalue weighted by atomic mass is 35.5. The van der Waals surface area contributed by atoms with E-state index in [-0.39, 0.29) is 26.6 Å². The smallest absolute Gasteiger partial charge is 0.374 e. The number of nitrogens with zero attached hydrogens (tertiary/aromatic N) is 3. The maximum absolute atomic E-state index is 14.2. The van der Waals surface area contributed by atoms with Crippen molar-refractivity contribution in [3.63, 3.8) is 0 Å². The van der Waals surface area contributed by atoms with E-state index in [0.717, 1.165) is 12.1 Å². The van der Waals surface area contributed by atoms with Crippen LogP contribution in [0.5, 0.6) is 0 Å². The Morgan fingerprint density at radius 2 is 1.71 bits per heavy atom. The number of amides is 1. The first-order valence-corrected chi connectivity index (χ1v) is 10.8. The topological polar surface area (TPSA) is 76.5 Å². The second-order valence-electron chi connectivity index (χ2n) is 7.51. The lowest BCUT2D eigenvalue weighted by Gasteiger charge is -2.29. The molecule has 12 heteroatoms. The molecule has 1 aromatic heterocycles. The molecule has 2 heterocycles. The van der Waals surface area contributed by atoms with Crippen molar-refractivity contribution < 1.29 is 22.8 Å². The molecule has 0 saturated heterocycles. The van der Waals surface area contributed by atoms with Crippen molar-refractivity contribution in [2.45, 2.75) is 25.1 Å². The van der Waals surface area contributed by atoms with Crippen LogP contribution < -0.4 is 5.32 Å². The number of carbonyl (C=O) groups is 1. The van der Waals surface area contributed by atoms with Crippen LogP contribution in [0.25, 0.3) is 0 Å². The van der Waals surface area contributed by atoms with Gasteiger partial charge < -0.3 is 10.2 Å². The zero-order chi connectivity index (χ0) is 24.7. The van der Waals surface area contributed by atoms with E-state index >= 15 is 0 Å². The van der Waals surface area contributed by atoms with Crippen LogP contribution in [0.4, 0.5) is 18.9 Å². The number of hydrogen-bond acceptors (Lipinski definition) is 5. The summed E-state index contributed by atoms with van der Waals surface area (Å²) < 4.78 is 42.5. The highest BCUT2D eigenvalue weighted by molar-refractivity contribution is 6.34. The van der Waals surface area contributed by atoms with Crippen LogP contribution >= 0.6 is 34.8 Å². The molecule has 0 radical (unpaired) electrons. The van der Waals surface area contributed by atoms with Crippen molar-refractivity contribution in [1.82, 2.24) is 9.97 Å². The number of aromatic nitrogens is 2. The largest absolute Gasteiger partial charge is 0.435 e. The zero-order valence-corrected chi connectivity index (χ0v) is 19.5. The van der Waals surface area contributed by atoms with Crippen molar-refractivity contribution in [3.05, 3.63) is 86.4 Å². The van der Waals surface area contributed by atoms with E-state index in [1.165, 1.54) is 30.6 Å². The number of alkyl halides is 3. The molecular formula is C22H14Cl3F3N4O2. The number of carbonyl (C=O) groups excluding carboxylic acids is 1. The average Bonchev–Trinajstić information content (AvgIpc) is 3.22. The number of aryl methyl sites for hydroxylation is 1. The quantitative estimate of drug-likeness (QED) is 0.387. The Morgan fingerprint density at radius 3 is 2.29 bits per heavy atom.